The summed E-state index contributed by atoms with van der Waals surface area (Å²) in [5, 5.41) is 0.672. The summed E-state index contributed by atoms with van der Waals surface area (Å²) in [6.45, 7) is 2.17. The first-order valence-corrected chi connectivity index (χ1v) is 11.6. The maximum atomic E-state index is 13.1. The lowest BCUT2D eigenvalue weighted by atomic mass is 9.81. The highest BCUT2D eigenvalue weighted by molar-refractivity contribution is 7.71. The number of hydrogen-bond donors (Lipinski definition) is 1. The van der Waals surface area contributed by atoms with Gasteiger partial charge in [0.25, 0.3) is 5.56 Å². The molecule has 0 saturated heterocycles. The van der Waals surface area contributed by atoms with E-state index in [9.17, 15) is 9.59 Å². The first kappa shape index (κ1) is 20.2. The molecule has 0 unspecified atom stereocenters. The molecule has 0 bridgehead atoms. The minimum Gasteiger partial charge on any atom is -0.338 e. The van der Waals surface area contributed by atoms with E-state index < -0.39 is 0 Å². The number of fused-ring (bicyclic) bond motifs is 2. The van der Waals surface area contributed by atoms with Crippen molar-refractivity contribution in [3.8, 4) is 0 Å². The molecule has 1 aromatic heterocycles. The number of aromatic nitrogens is 2. The lowest BCUT2D eigenvalue weighted by Crippen LogP contribution is -2.41. The van der Waals surface area contributed by atoms with Gasteiger partial charge in [0.05, 0.1) is 10.9 Å². The Morgan fingerprint density at radius 2 is 1.71 bits per heavy atom. The van der Waals surface area contributed by atoms with Crippen LogP contribution >= 0.6 is 12.2 Å². The van der Waals surface area contributed by atoms with Gasteiger partial charge in [-0.2, -0.15) is 0 Å². The molecule has 1 N–H and O–H groups in total. The topological polar surface area (TPSA) is 58.1 Å². The van der Waals surface area contributed by atoms with Gasteiger partial charge in [-0.1, -0.05) is 36.4 Å². The zero-order valence-electron chi connectivity index (χ0n) is 17.5. The molecule has 1 aliphatic carbocycles. The quantitative estimate of drug-likeness (QED) is 0.621. The monoisotopic (exact) mass is 433 g/mol. The van der Waals surface area contributed by atoms with E-state index in [-0.39, 0.29) is 11.5 Å². The van der Waals surface area contributed by atoms with Crippen LogP contribution in [0.15, 0.2) is 53.3 Å². The van der Waals surface area contributed by atoms with Crippen molar-refractivity contribution in [3.05, 3.63) is 74.8 Å². The van der Waals surface area contributed by atoms with Crippen LogP contribution in [0.1, 0.15) is 36.8 Å². The van der Waals surface area contributed by atoms with Crippen LogP contribution in [0.3, 0.4) is 0 Å². The Balaban J connectivity index is 1.23. The average Bonchev–Trinajstić information content (AvgIpc) is 2.81. The van der Waals surface area contributed by atoms with Crippen LogP contribution in [-0.2, 0) is 24.3 Å². The van der Waals surface area contributed by atoms with Crippen molar-refractivity contribution in [2.45, 2.75) is 45.2 Å². The molecule has 1 aliphatic heterocycles. The SMILES string of the molecule is O=C(C1CCC(Cn2c(=S)[nH]c3ccccc3c2=O)CC1)N1CCc2ccccc2C1. The van der Waals surface area contributed by atoms with E-state index in [0.29, 0.717) is 28.5 Å². The molecule has 31 heavy (non-hydrogen) atoms. The van der Waals surface area contributed by atoms with Crippen LogP contribution in [0.5, 0.6) is 0 Å². The number of amides is 1. The Hall–Kier alpha value is -2.73. The summed E-state index contributed by atoms with van der Waals surface area (Å²) in [7, 11) is 0. The summed E-state index contributed by atoms with van der Waals surface area (Å²) in [6, 6.07) is 15.9. The Morgan fingerprint density at radius 1 is 1.00 bits per heavy atom. The second-order valence-electron chi connectivity index (χ2n) is 8.89. The smallest absolute Gasteiger partial charge is 0.262 e. The van der Waals surface area contributed by atoms with E-state index in [1.54, 1.807) is 4.57 Å². The minimum atomic E-state index is -0.0236. The van der Waals surface area contributed by atoms with Crippen molar-refractivity contribution in [1.82, 2.24) is 14.5 Å². The molecule has 2 aromatic carbocycles. The predicted molar refractivity (Wildman–Crippen MR) is 124 cm³/mol. The van der Waals surface area contributed by atoms with Gasteiger partial charge in [-0.05, 0) is 73.5 Å². The Kier molecular flexibility index (Phi) is 5.48. The number of H-pyrrole nitrogens is 1. The highest BCUT2D eigenvalue weighted by atomic mass is 32.1. The number of benzene rings is 2. The minimum absolute atomic E-state index is 0.0236. The molecule has 1 amide bonds. The standard InChI is InChI=1S/C25H27N3O2S/c29-23(27-14-13-18-5-1-2-6-20(18)16-27)19-11-9-17(10-12-19)15-28-24(30)21-7-3-4-8-22(21)26-25(28)31/h1-8,17,19H,9-16H2,(H,26,31). The van der Waals surface area contributed by atoms with Gasteiger partial charge in [-0.25, -0.2) is 0 Å². The molecule has 2 aliphatic rings. The molecule has 160 valence electrons. The number of rotatable bonds is 3. The zero-order chi connectivity index (χ0) is 21.4. The van der Waals surface area contributed by atoms with Gasteiger partial charge in [-0.3, -0.25) is 14.2 Å². The second-order valence-corrected chi connectivity index (χ2v) is 9.27. The third-order valence-electron chi connectivity index (χ3n) is 6.97. The maximum Gasteiger partial charge on any atom is 0.262 e. The van der Waals surface area contributed by atoms with Gasteiger partial charge in [0.2, 0.25) is 5.91 Å². The van der Waals surface area contributed by atoms with Crippen LogP contribution in [0.25, 0.3) is 10.9 Å². The van der Waals surface area contributed by atoms with E-state index >= 15 is 0 Å². The first-order valence-electron chi connectivity index (χ1n) is 11.2. The number of nitrogens with one attached hydrogen (secondary N) is 1. The van der Waals surface area contributed by atoms with Crippen molar-refractivity contribution in [3.63, 3.8) is 0 Å². The van der Waals surface area contributed by atoms with Crippen molar-refractivity contribution < 1.29 is 4.79 Å². The maximum absolute atomic E-state index is 13.1. The molecular formula is C25H27N3O2S. The molecule has 1 saturated carbocycles. The molecule has 5 rings (SSSR count). The van der Waals surface area contributed by atoms with Crippen molar-refractivity contribution in [2.24, 2.45) is 11.8 Å². The fourth-order valence-corrected chi connectivity index (χ4v) is 5.42. The normalized spacial score (nSPS) is 21.1. The van der Waals surface area contributed by atoms with Crippen molar-refractivity contribution >= 4 is 29.0 Å². The van der Waals surface area contributed by atoms with Crippen LogP contribution in [0.2, 0.25) is 0 Å². The second kappa shape index (κ2) is 8.42. The summed E-state index contributed by atoms with van der Waals surface area (Å²) in [5.74, 6) is 0.776. The number of para-hydroxylation sites is 1. The van der Waals surface area contributed by atoms with Crippen molar-refractivity contribution in [2.75, 3.05) is 6.54 Å². The third kappa shape index (κ3) is 3.97. The molecule has 2 heterocycles. The Bertz CT molecular complexity index is 1240. The van der Waals surface area contributed by atoms with E-state index in [2.05, 4.69) is 29.2 Å². The van der Waals surface area contributed by atoms with Crippen LogP contribution in [0.4, 0.5) is 0 Å². The van der Waals surface area contributed by atoms with Crippen LogP contribution in [0, 0.1) is 16.6 Å². The fourth-order valence-electron chi connectivity index (χ4n) is 5.16. The van der Waals surface area contributed by atoms with E-state index in [0.717, 1.165) is 50.7 Å². The fraction of sp³-hybridized carbons (Fsp3) is 0.400. The lowest BCUT2D eigenvalue weighted by Gasteiger charge is -2.35. The van der Waals surface area contributed by atoms with Gasteiger partial charge in [0.1, 0.15) is 0 Å². The van der Waals surface area contributed by atoms with Gasteiger partial charge in [0, 0.05) is 25.6 Å². The molecule has 3 aromatic rings. The molecule has 0 spiro atoms. The highest BCUT2D eigenvalue weighted by Gasteiger charge is 2.31. The highest BCUT2D eigenvalue weighted by Crippen LogP contribution is 2.32. The first-order chi connectivity index (χ1) is 15.1. The number of aromatic amines is 1. The summed E-state index contributed by atoms with van der Waals surface area (Å²) in [4.78, 5) is 31.3. The molecule has 5 nitrogen and oxygen atoms in total. The number of hydrogen-bond acceptors (Lipinski definition) is 3. The molecule has 0 radical (unpaired) electrons. The Morgan fingerprint density at radius 3 is 2.52 bits per heavy atom. The van der Waals surface area contributed by atoms with E-state index in [4.69, 9.17) is 12.2 Å². The molecule has 0 atom stereocenters. The van der Waals surface area contributed by atoms with E-state index in [1.165, 1.54) is 11.1 Å². The number of carbonyl (C=O) groups excluding carboxylic acids is 1. The summed E-state index contributed by atoms with van der Waals surface area (Å²) in [6.07, 6.45) is 4.63. The van der Waals surface area contributed by atoms with Crippen molar-refractivity contribution in [1.29, 1.82) is 0 Å². The summed E-state index contributed by atoms with van der Waals surface area (Å²) < 4.78 is 2.18. The third-order valence-corrected chi connectivity index (χ3v) is 7.29. The van der Waals surface area contributed by atoms with E-state index in [1.807, 2.05) is 29.2 Å². The van der Waals surface area contributed by atoms with Gasteiger partial charge >= 0.3 is 0 Å². The van der Waals surface area contributed by atoms with Crippen LogP contribution in [-0.4, -0.2) is 26.9 Å². The average molecular weight is 434 g/mol. The summed E-state index contributed by atoms with van der Waals surface area (Å²) >= 11 is 5.46. The summed E-state index contributed by atoms with van der Waals surface area (Å²) in [5.41, 5.74) is 3.41. The Labute approximate surface area is 186 Å². The molecule has 6 heteroatoms. The lowest BCUT2D eigenvalue weighted by molar-refractivity contribution is -0.137. The molecular weight excluding hydrogens is 406 g/mol. The number of nitrogens with zero attached hydrogens (tertiary/aromatic N) is 2. The van der Waals surface area contributed by atoms with Gasteiger partial charge in [0.15, 0.2) is 4.77 Å². The number of carbonyl (C=O) groups is 1. The predicted octanol–water partition coefficient (Wildman–Crippen LogP) is 4.45. The van der Waals surface area contributed by atoms with Gasteiger partial charge in [-0.15, -0.1) is 0 Å². The molecule has 1 fully saturated rings. The largest absolute Gasteiger partial charge is 0.338 e. The zero-order valence-corrected chi connectivity index (χ0v) is 18.4. The van der Waals surface area contributed by atoms with Gasteiger partial charge < -0.3 is 9.88 Å². The van der Waals surface area contributed by atoms with Crippen LogP contribution < -0.4 is 5.56 Å².